The molecule has 1 aliphatic carbocycles. The standard InChI is InChI=1S/C17H23N3O3/c1-3-23-15(21)9-8-12-10-14(11(2)18)16(19)20(17(12)22)13-6-4-5-7-13/h8-10,13,19H,3-7,18H2,1-2H3/b9-8+,14-11-,19-16?. The quantitative estimate of drug-likeness (QED) is 0.612. The van der Waals surface area contributed by atoms with E-state index in [2.05, 4.69) is 0 Å². The van der Waals surface area contributed by atoms with E-state index in [9.17, 15) is 9.59 Å². The van der Waals surface area contributed by atoms with E-state index in [4.69, 9.17) is 15.9 Å². The third-order valence-electron chi connectivity index (χ3n) is 4.06. The molecule has 0 aromatic rings. The van der Waals surface area contributed by atoms with Gasteiger partial charge in [0.1, 0.15) is 5.84 Å². The molecular formula is C17H23N3O3. The van der Waals surface area contributed by atoms with Crippen LogP contribution in [0.1, 0.15) is 39.5 Å². The summed E-state index contributed by atoms with van der Waals surface area (Å²) in [5.74, 6) is -0.605. The number of amidine groups is 1. The van der Waals surface area contributed by atoms with Gasteiger partial charge in [-0.15, -0.1) is 0 Å². The summed E-state index contributed by atoms with van der Waals surface area (Å²) in [6, 6.07) is 0.0315. The van der Waals surface area contributed by atoms with Gasteiger partial charge < -0.3 is 10.5 Å². The van der Waals surface area contributed by atoms with Crippen molar-refractivity contribution in [1.29, 1.82) is 5.41 Å². The van der Waals surface area contributed by atoms with Gasteiger partial charge in [0.2, 0.25) is 0 Å². The van der Waals surface area contributed by atoms with Gasteiger partial charge in [-0.2, -0.15) is 0 Å². The second-order valence-electron chi connectivity index (χ2n) is 5.74. The van der Waals surface area contributed by atoms with Crippen LogP contribution in [0.2, 0.25) is 0 Å². The van der Waals surface area contributed by atoms with Gasteiger partial charge in [-0.25, -0.2) is 4.79 Å². The number of carbonyl (C=O) groups is 2. The minimum atomic E-state index is -0.496. The van der Waals surface area contributed by atoms with Gasteiger partial charge in [-0.05, 0) is 38.8 Å². The fourth-order valence-electron chi connectivity index (χ4n) is 2.94. The smallest absolute Gasteiger partial charge is 0.330 e. The zero-order valence-corrected chi connectivity index (χ0v) is 13.6. The van der Waals surface area contributed by atoms with Crippen LogP contribution in [0.25, 0.3) is 0 Å². The third-order valence-corrected chi connectivity index (χ3v) is 4.06. The molecular weight excluding hydrogens is 294 g/mol. The van der Waals surface area contributed by atoms with Crippen molar-refractivity contribution in [2.24, 2.45) is 5.73 Å². The van der Waals surface area contributed by atoms with Crippen molar-refractivity contribution in [2.75, 3.05) is 6.61 Å². The molecule has 0 spiro atoms. The summed E-state index contributed by atoms with van der Waals surface area (Å²) in [5.41, 5.74) is 7.23. The van der Waals surface area contributed by atoms with Crippen LogP contribution in [0.15, 0.2) is 35.1 Å². The zero-order chi connectivity index (χ0) is 17.0. The lowest BCUT2D eigenvalue weighted by molar-refractivity contribution is -0.137. The van der Waals surface area contributed by atoms with Crippen molar-refractivity contribution in [1.82, 2.24) is 4.90 Å². The van der Waals surface area contributed by atoms with Gasteiger partial charge in [-0.1, -0.05) is 12.8 Å². The molecule has 3 N–H and O–H groups in total. The molecule has 0 atom stereocenters. The number of nitrogens with one attached hydrogen (secondary N) is 1. The minimum absolute atomic E-state index is 0.0315. The summed E-state index contributed by atoms with van der Waals surface area (Å²) in [6.07, 6.45) is 8.14. The number of carbonyl (C=O) groups excluding carboxylic acids is 2. The number of allylic oxidation sites excluding steroid dienone is 1. The van der Waals surface area contributed by atoms with E-state index in [0.29, 0.717) is 16.8 Å². The average Bonchev–Trinajstić information content (AvgIpc) is 3.00. The molecule has 6 nitrogen and oxygen atoms in total. The Morgan fingerprint density at radius 1 is 1.48 bits per heavy atom. The molecule has 6 heteroatoms. The Balaban J connectivity index is 2.34. The molecule has 0 aromatic heterocycles. The number of rotatable bonds is 4. The predicted octanol–water partition coefficient (Wildman–Crippen LogP) is 2.03. The fraction of sp³-hybridized carbons (Fsp3) is 0.471. The van der Waals surface area contributed by atoms with Crippen molar-refractivity contribution in [2.45, 2.75) is 45.6 Å². The number of amides is 1. The van der Waals surface area contributed by atoms with Gasteiger partial charge in [0, 0.05) is 29.0 Å². The van der Waals surface area contributed by atoms with E-state index >= 15 is 0 Å². The van der Waals surface area contributed by atoms with E-state index < -0.39 is 5.97 Å². The molecule has 0 unspecified atom stereocenters. The second-order valence-corrected chi connectivity index (χ2v) is 5.74. The van der Waals surface area contributed by atoms with Gasteiger partial charge >= 0.3 is 5.97 Å². The van der Waals surface area contributed by atoms with E-state index in [1.165, 1.54) is 17.1 Å². The van der Waals surface area contributed by atoms with Crippen molar-refractivity contribution in [3.05, 3.63) is 35.1 Å². The lowest BCUT2D eigenvalue weighted by Crippen LogP contribution is -2.47. The second kappa shape index (κ2) is 7.26. The van der Waals surface area contributed by atoms with Crippen molar-refractivity contribution in [3.63, 3.8) is 0 Å². The van der Waals surface area contributed by atoms with Gasteiger partial charge in [0.15, 0.2) is 0 Å². The van der Waals surface area contributed by atoms with Crippen LogP contribution in [-0.4, -0.2) is 35.3 Å². The molecule has 0 saturated heterocycles. The highest BCUT2D eigenvalue weighted by atomic mass is 16.5. The predicted molar refractivity (Wildman–Crippen MR) is 87.6 cm³/mol. The summed E-state index contributed by atoms with van der Waals surface area (Å²) in [4.78, 5) is 25.7. The summed E-state index contributed by atoms with van der Waals surface area (Å²) in [6.45, 7) is 3.70. The van der Waals surface area contributed by atoms with Crippen molar-refractivity contribution >= 4 is 17.7 Å². The Morgan fingerprint density at radius 2 is 2.13 bits per heavy atom. The number of esters is 1. The first-order chi connectivity index (χ1) is 11.0. The maximum Gasteiger partial charge on any atom is 0.330 e. The lowest BCUT2D eigenvalue weighted by atomic mass is 9.98. The first kappa shape index (κ1) is 17.0. The van der Waals surface area contributed by atoms with Gasteiger partial charge in [0.05, 0.1) is 6.61 Å². The molecule has 124 valence electrons. The van der Waals surface area contributed by atoms with E-state index in [0.717, 1.165) is 25.7 Å². The maximum absolute atomic E-state index is 12.7. The summed E-state index contributed by atoms with van der Waals surface area (Å²) in [7, 11) is 0. The van der Waals surface area contributed by atoms with Crippen molar-refractivity contribution < 1.29 is 14.3 Å². The molecule has 1 aliphatic heterocycles. The van der Waals surface area contributed by atoms with E-state index in [1.54, 1.807) is 19.9 Å². The Bertz CT molecular complexity index is 607. The van der Waals surface area contributed by atoms with Crippen LogP contribution >= 0.6 is 0 Å². The van der Waals surface area contributed by atoms with Crippen LogP contribution < -0.4 is 5.73 Å². The van der Waals surface area contributed by atoms with Gasteiger partial charge in [-0.3, -0.25) is 15.1 Å². The van der Waals surface area contributed by atoms with Crippen LogP contribution in [0.4, 0.5) is 0 Å². The highest BCUT2D eigenvalue weighted by Gasteiger charge is 2.35. The van der Waals surface area contributed by atoms with E-state index in [-0.39, 0.29) is 24.4 Å². The van der Waals surface area contributed by atoms with Crippen LogP contribution in [0, 0.1) is 5.41 Å². The summed E-state index contributed by atoms with van der Waals surface area (Å²) < 4.78 is 4.83. The molecule has 1 saturated carbocycles. The molecule has 1 fully saturated rings. The van der Waals surface area contributed by atoms with E-state index in [1.807, 2.05) is 0 Å². The Labute approximate surface area is 136 Å². The van der Waals surface area contributed by atoms with Crippen LogP contribution in [0.5, 0.6) is 0 Å². The number of hydrogen-bond acceptors (Lipinski definition) is 5. The Hall–Kier alpha value is -2.37. The topological polar surface area (TPSA) is 96.5 Å². The molecule has 23 heavy (non-hydrogen) atoms. The average molecular weight is 317 g/mol. The number of nitrogens with two attached hydrogens (primary N) is 1. The Kier molecular flexibility index (Phi) is 5.36. The van der Waals surface area contributed by atoms with Crippen LogP contribution in [-0.2, 0) is 14.3 Å². The summed E-state index contributed by atoms with van der Waals surface area (Å²) >= 11 is 0. The SMILES string of the molecule is CCOC(=O)/C=C/C1=CC(=C(\C)N)/C(=N)N(C2CCCC2)C1=O. The molecule has 1 amide bonds. The number of ether oxygens (including phenoxy) is 1. The van der Waals surface area contributed by atoms with Crippen LogP contribution in [0.3, 0.4) is 0 Å². The minimum Gasteiger partial charge on any atom is -0.463 e. The monoisotopic (exact) mass is 317 g/mol. The number of hydrogen-bond donors (Lipinski definition) is 2. The summed E-state index contributed by atoms with van der Waals surface area (Å²) in [5, 5.41) is 8.31. The molecule has 2 aliphatic rings. The molecule has 0 bridgehead atoms. The number of nitrogens with zero attached hydrogens (tertiary/aromatic N) is 1. The largest absolute Gasteiger partial charge is 0.463 e. The fourth-order valence-corrected chi connectivity index (χ4v) is 2.94. The highest BCUT2D eigenvalue weighted by Crippen LogP contribution is 2.30. The highest BCUT2D eigenvalue weighted by molar-refractivity contribution is 6.18. The lowest BCUT2D eigenvalue weighted by Gasteiger charge is -2.33. The third kappa shape index (κ3) is 3.70. The Morgan fingerprint density at radius 3 is 2.70 bits per heavy atom. The van der Waals surface area contributed by atoms with Crippen molar-refractivity contribution in [3.8, 4) is 0 Å². The molecule has 0 aromatic carbocycles. The molecule has 2 rings (SSSR count). The van der Waals surface area contributed by atoms with Gasteiger partial charge in [0.25, 0.3) is 5.91 Å². The molecule has 0 radical (unpaired) electrons. The normalized spacial score (nSPS) is 21.8. The molecule has 1 heterocycles. The first-order valence-electron chi connectivity index (χ1n) is 7.91. The zero-order valence-electron chi connectivity index (χ0n) is 13.6. The first-order valence-corrected chi connectivity index (χ1v) is 7.91. The maximum atomic E-state index is 12.7.